The van der Waals surface area contributed by atoms with E-state index in [9.17, 15) is 28.3 Å². The maximum atomic E-state index is 15.0. The van der Waals surface area contributed by atoms with E-state index < -0.39 is 60.6 Å². The smallest absolute Gasteiger partial charge is 0.306 e. The fourth-order valence-corrected chi connectivity index (χ4v) is 5.90. The summed E-state index contributed by atoms with van der Waals surface area (Å²) in [5.41, 5.74) is -1.49. The summed E-state index contributed by atoms with van der Waals surface area (Å²) < 4.78 is 30.0. The van der Waals surface area contributed by atoms with Crippen molar-refractivity contribution in [2.24, 2.45) is 5.92 Å². The number of nitrogens with one attached hydrogen (secondary N) is 2. The number of alkyl halides is 2. The lowest BCUT2D eigenvalue weighted by Gasteiger charge is -2.41. The normalized spacial score (nSPS) is 23.2. The standard InChI is InChI=1S/C25H21Cl2F2N5O4/c1-12(22(37)33-21-19-13(4-6-31-21)3-2-5-30-19)17-9-24(28,29)11-34(17)25(10-18(35)36)15-7-14(26)8-16(27)20(15)32-23(25)38/h2-8,12,17H,9-11H2,1H3,(H,32,38)(H,35,36)(H,31,33,37)/t12-,17-,25-/m1/s1. The number of carbonyl (C=O) groups is 3. The van der Waals surface area contributed by atoms with Crippen LogP contribution < -0.4 is 10.6 Å². The lowest BCUT2D eigenvalue weighted by molar-refractivity contribution is -0.147. The van der Waals surface area contributed by atoms with Crippen molar-refractivity contribution in [3.8, 4) is 0 Å². The van der Waals surface area contributed by atoms with Gasteiger partial charge in [-0.2, -0.15) is 0 Å². The Morgan fingerprint density at radius 2 is 2.03 bits per heavy atom. The second-order valence-electron chi connectivity index (χ2n) is 9.46. The molecule has 0 aliphatic carbocycles. The van der Waals surface area contributed by atoms with E-state index in [2.05, 4.69) is 20.6 Å². The first-order chi connectivity index (χ1) is 17.9. The summed E-state index contributed by atoms with van der Waals surface area (Å²) in [6, 6.07) is 6.69. The van der Waals surface area contributed by atoms with E-state index in [1.807, 2.05) is 0 Å². The van der Waals surface area contributed by atoms with Crippen LogP contribution in [0.4, 0.5) is 20.3 Å². The Hall–Kier alpha value is -3.41. The van der Waals surface area contributed by atoms with Crippen molar-refractivity contribution in [3.05, 3.63) is 58.3 Å². The van der Waals surface area contributed by atoms with Crippen molar-refractivity contribution in [1.82, 2.24) is 14.9 Å². The van der Waals surface area contributed by atoms with E-state index in [0.29, 0.717) is 10.9 Å². The molecule has 198 valence electrons. The Labute approximate surface area is 225 Å². The van der Waals surface area contributed by atoms with Gasteiger partial charge >= 0.3 is 5.97 Å². The maximum Gasteiger partial charge on any atom is 0.306 e. The zero-order valence-electron chi connectivity index (χ0n) is 19.8. The number of benzene rings is 1. The monoisotopic (exact) mass is 563 g/mol. The number of amides is 2. The third kappa shape index (κ3) is 4.34. The Morgan fingerprint density at radius 1 is 1.26 bits per heavy atom. The Bertz CT molecular complexity index is 1480. The molecular weight excluding hydrogens is 543 g/mol. The number of aliphatic carboxylic acids is 1. The Kier molecular flexibility index (Phi) is 6.49. The second kappa shape index (κ2) is 9.40. The molecule has 3 N–H and O–H groups in total. The van der Waals surface area contributed by atoms with Gasteiger partial charge in [-0.1, -0.05) is 36.2 Å². The number of halogens is 4. The summed E-state index contributed by atoms with van der Waals surface area (Å²) in [4.78, 5) is 48.3. The van der Waals surface area contributed by atoms with E-state index in [-0.39, 0.29) is 27.1 Å². The van der Waals surface area contributed by atoms with Gasteiger partial charge in [-0.15, -0.1) is 0 Å². The molecule has 4 heterocycles. The first-order valence-electron chi connectivity index (χ1n) is 11.6. The van der Waals surface area contributed by atoms with Crippen molar-refractivity contribution in [1.29, 1.82) is 0 Å². The number of hydrogen-bond acceptors (Lipinski definition) is 6. The third-order valence-corrected chi connectivity index (χ3v) is 7.59. The first kappa shape index (κ1) is 26.2. The fourth-order valence-electron chi connectivity index (χ4n) is 5.36. The van der Waals surface area contributed by atoms with Crippen LogP contribution in [0.2, 0.25) is 10.0 Å². The first-order valence-corrected chi connectivity index (χ1v) is 12.4. The van der Waals surface area contributed by atoms with Gasteiger partial charge in [-0.3, -0.25) is 24.3 Å². The molecule has 2 aliphatic rings. The van der Waals surface area contributed by atoms with Crippen LogP contribution >= 0.6 is 23.2 Å². The summed E-state index contributed by atoms with van der Waals surface area (Å²) >= 11 is 12.4. The molecule has 9 nitrogen and oxygen atoms in total. The number of carbonyl (C=O) groups excluding carboxylic acids is 2. The van der Waals surface area contributed by atoms with E-state index in [1.54, 1.807) is 18.2 Å². The van der Waals surface area contributed by atoms with Gasteiger partial charge in [0.1, 0.15) is 11.1 Å². The molecule has 0 spiro atoms. The molecule has 2 amide bonds. The molecule has 5 rings (SSSR count). The molecule has 0 radical (unpaired) electrons. The molecule has 3 aromatic rings. The lowest BCUT2D eigenvalue weighted by atomic mass is 9.83. The average molecular weight is 564 g/mol. The van der Waals surface area contributed by atoms with Crippen molar-refractivity contribution >= 4 is 63.4 Å². The highest BCUT2D eigenvalue weighted by Gasteiger charge is 2.62. The van der Waals surface area contributed by atoms with Crippen LogP contribution in [0.15, 0.2) is 42.7 Å². The number of hydrogen-bond donors (Lipinski definition) is 3. The van der Waals surface area contributed by atoms with Gasteiger partial charge in [0.25, 0.3) is 5.92 Å². The zero-order chi connectivity index (χ0) is 27.4. The van der Waals surface area contributed by atoms with Gasteiger partial charge in [0.15, 0.2) is 5.82 Å². The Morgan fingerprint density at radius 3 is 2.76 bits per heavy atom. The highest BCUT2D eigenvalue weighted by molar-refractivity contribution is 6.38. The number of pyridine rings is 2. The molecule has 0 bridgehead atoms. The lowest BCUT2D eigenvalue weighted by Crippen LogP contribution is -2.57. The number of nitrogens with zero attached hydrogens (tertiary/aromatic N) is 3. The van der Waals surface area contributed by atoms with Crippen LogP contribution in [-0.2, 0) is 19.9 Å². The van der Waals surface area contributed by atoms with Crippen LogP contribution in [0.5, 0.6) is 0 Å². The van der Waals surface area contributed by atoms with Crippen LogP contribution in [0.25, 0.3) is 10.9 Å². The molecule has 3 atom stereocenters. The van der Waals surface area contributed by atoms with E-state index in [1.165, 1.54) is 31.5 Å². The van der Waals surface area contributed by atoms with Crippen LogP contribution in [-0.4, -0.2) is 56.3 Å². The number of likely N-dealkylation sites (tertiary alicyclic amines) is 1. The van der Waals surface area contributed by atoms with Crippen molar-refractivity contribution in [2.75, 3.05) is 17.2 Å². The predicted octanol–water partition coefficient (Wildman–Crippen LogP) is 4.54. The van der Waals surface area contributed by atoms with Crippen LogP contribution in [0.3, 0.4) is 0 Å². The number of rotatable bonds is 6. The molecule has 1 aromatic carbocycles. The van der Waals surface area contributed by atoms with Crippen LogP contribution in [0.1, 0.15) is 25.3 Å². The van der Waals surface area contributed by atoms with E-state index in [0.717, 1.165) is 4.90 Å². The molecule has 2 aromatic heterocycles. The van der Waals surface area contributed by atoms with Crippen molar-refractivity contribution in [3.63, 3.8) is 0 Å². The molecule has 1 saturated heterocycles. The van der Waals surface area contributed by atoms with Gasteiger partial charge in [-0.05, 0) is 24.3 Å². The second-order valence-corrected chi connectivity index (χ2v) is 10.3. The maximum absolute atomic E-state index is 15.0. The van der Waals surface area contributed by atoms with E-state index >= 15 is 0 Å². The van der Waals surface area contributed by atoms with Gasteiger partial charge in [-0.25, -0.2) is 13.8 Å². The van der Waals surface area contributed by atoms with Crippen LogP contribution in [0, 0.1) is 5.92 Å². The minimum Gasteiger partial charge on any atom is -0.481 e. The number of aromatic nitrogens is 2. The summed E-state index contributed by atoms with van der Waals surface area (Å²) in [7, 11) is 0. The Balaban J connectivity index is 1.56. The minimum atomic E-state index is -3.31. The highest BCUT2D eigenvalue weighted by atomic mass is 35.5. The molecular formula is C25H21Cl2F2N5O4. The van der Waals surface area contributed by atoms with Gasteiger partial charge in [0.2, 0.25) is 11.8 Å². The average Bonchev–Trinajstić information content (AvgIpc) is 3.32. The van der Waals surface area contributed by atoms with Crippen molar-refractivity contribution < 1.29 is 28.3 Å². The number of anilines is 2. The van der Waals surface area contributed by atoms with Gasteiger partial charge < -0.3 is 15.7 Å². The molecule has 0 unspecified atom stereocenters. The third-order valence-electron chi connectivity index (χ3n) is 7.08. The molecule has 0 saturated carbocycles. The predicted molar refractivity (Wildman–Crippen MR) is 136 cm³/mol. The zero-order valence-corrected chi connectivity index (χ0v) is 21.4. The fraction of sp³-hybridized carbons (Fsp3) is 0.320. The largest absolute Gasteiger partial charge is 0.481 e. The molecule has 2 aliphatic heterocycles. The van der Waals surface area contributed by atoms with Gasteiger partial charge in [0.05, 0.1) is 29.6 Å². The minimum absolute atomic E-state index is 0.0379. The summed E-state index contributed by atoms with van der Waals surface area (Å²) in [5, 5.41) is 15.8. The number of carboxylic acids is 1. The topological polar surface area (TPSA) is 125 Å². The summed E-state index contributed by atoms with van der Waals surface area (Å²) in [6.45, 7) is 0.494. The number of fused-ring (bicyclic) bond motifs is 2. The SMILES string of the molecule is C[C@@H](C(=O)Nc1nccc2cccnc12)[C@H]1CC(F)(F)CN1[C@@]1(CC(=O)O)C(=O)Nc2c(Cl)cc(Cl)cc21. The quantitative estimate of drug-likeness (QED) is 0.402. The van der Waals surface area contributed by atoms with Gasteiger partial charge in [0, 0.05) is 40.8 Å². The van der Waals surface area contributed by atoms with E-state index in [4.69, 9.17) is 23.2 Å². The molecule has 38 heavy (non-hydrogen) atoms. The molecule has 13 heteroatoms. The van der Waals surface area contributed by atoms with Crippen molar-refractivity contribution in [2.45, 2.75) is 37.3 Å². The summed E-state index contributed by atoms with van der Waals surface area (Å²) in [5.74, 6) is -7.15. The number of carboxylic acid groups (broad SMARTS) is 1. The molecule has 1 fully saturated rings. The summed E-state index contributed by atoms with van der Waals surface area (Å²) in [6.07, 6.45) is 1.39. The highest BCUT2D eigenvalue weighted by Crippen LogP contribution is 2.52.